The van der Waals surface area contributed by atoms with Gasteiger partial charge in [0.2, 0.25) is 0 Å². The number of hydrogen-bond donors (Lipinski definition) is 0. The van der Waals surface area contributed by atoms with Gasteiger partial charge in [-0.3, -0.25) is 0 Å². The van der Waals surface area contributed by atoms with Gasteiger partial charge in [0.15, 0.2) is 0 Å². The molecule has 10 rings (SSSR count). The summed E-state index contributed by atoms with van der Waals surface area (Å²) in [6.45, 7) is 0. The van der Waals surface area contributed by atoms with E-state index in [9.17, 15) is 0 Å². The zero-order valence-electron chi connectivity index (χ0n) is 27.8. The maximum Gasteiger partial charge on any atom is 0.0546 e. The standard InChI is InChI=1S/C48H35NS/c1-2-13-32(14-3-1)38-18-10-11-24-44(38)49(45-31-35-16-5-6-17-37(35)41-20-8-9-21-42(41)45)36-28-25-34(26-29-36)40-22-12-23-43-47-39-19-7-4-15-33(39)27-30-46(47)50-48(40)43/h1-2,4-5,7-13,15-16,18-31H,3,6,14,17H2. The fraction of sp³-hybridized carbons (Fsp3) is 0.0833. The third kappa shape index (κ3) is 4.75. The van der Waals surface area contributed by atoms with Gasteiger partial charge in [0.25, 0.3) is 0 Å². The average Bonchev–Trinajstić information content (AvgIpc) is 3.59. The molecule has 2 aliphatic rings. The van der Waals surface area contributed by atoms with Gasteiger partial charge in [0, 0.05) is 36.8 Å². The molecule has 1 heterocycles. The van der Waals surface area contributed by atoms with Crippen LogP contribution in [0.15, 0.2) is 158 Å². The van der Waals surface area contributed by atoms with Crippen molar-refractivity contribution in [2.45, 2.75) is 25.7 Å². The first-order chi connectivity index (χ1) is 24.8. The summed E-state index contributed by atoms with van der Waals surface area (Å²) in [5, 5.41) is 7.97. The molecular formula is C48H35NS. The molecule has 0 aliphatic heterocycles. The van der Waals surface area contributed by atoms with Crippen LogP contribution in [0.4, 0.5) is 17.1 Å². The molecule has 7 aromatic carbocycles. The van der Waals surface area contributed by atoms with E-state index in [1.54, 1.807) is 0 Å². The quantitative estimate of drug-likeness (QED) is 0.178. The highest BCUT2D eigenvalue weighted by Crippen LogP contribution is 2.47. The highest BCUT2D eigenvalue weighted by molar-refractivity contribution is 7.26. The fourth-order valence-corrected chi connectivity index (χ4v) is 9.50. The van der Waals surface area contributed by atoms with Gasteiger partial charge in [-0.1, -0.05) is 134 Å². The summed E-state index contributed by atoms with van der Waals surface area (Å²) in [7, 11) is 0. The minimum Gasteiger partial charge on any atom is -0.309 e. The summed E-state index contributed by atoms with van der Waals surface area (Å²) in [6.07, 6.45) is 15.7. The Morgan fingerprint density at radius 3 is 2.20 bits per heavy atom. The van der Waals surface area contributed by atoms with Crippen molar-refractivity contribution in [3.8, 4) is 11.1 Å². The number of aryl methyl sites for hydroxylation is 1. The molecule has 50 heavy (non-hydrogen) atoms. The van der Waals surface area contributed by atoms with Crippen molar-refractivity contribution in [1.82, 2.24) is 0 Å². The van der Waals surface area contributed by atoms with Gasteiger partial charge in [-0.25, -0.2) is 0 Å². The Balaban J connectivity index is 1.17. The molecular weight excluding hydrogens is 623 g/mol. The molecule has 0 N–H and O–H groups in total. The molecule has 1 aromatic heterocycles. The smallest absolute Gasteiger partial charge is 0.0546 e. The predicted octanol–water partition coefficient (Wildman–Crippen LogP) is 14.2. The number of para-hydroxylation sites is 1. The van der Waals surface area contributed by atoms with Gasteiger partial charge in [-0.05, 0) is 100 Å². The Labute approximate surface area is 296 Å². The molecule has 2 heteroatoms. The lowest BCUT2D eigenvalue weighted by molar-refractivity contribution is 0.997. The van der Waals surface area contributed by atoms with E-state index in [1.807, 2.05) is 11.3 Å². The van der Waals surface area contributed by atoms with Crippen molar-refractivity contribution in [3.05, 3.63) is 174 Å². The summed E-state index contributed by atoms with van der Waals surface area (Å²) < 4.78 is 2.68. The highest BCUT2D eigenvalue weighted by atomic mass is 32.1. The van der Waals surface area contributed by atoms with Crippen molar-refractivity contribution >= 4 is 81.8 Å². The van der Waals surface area contributed by atoms with Crippen molar-refractivity contribution in [2.24, 2.45) is 0 Å². The van der Waals surface area contributed by atoms with Gasteiger partial charge < -0.3 is 4.90 Å². The molecule has 0 radical (unpaired) electrons. The van der Waals surface area contributed by atoms with Crippen LogP contribution in [0, 0.1) is 0 Å². The van der Waals surface area contributed by atoms with Crippen LogP contribution >= 0.6 is 11.3 Å². The Morgan fingerprint density at radius 2 is 1.32 bits per heavy atom. The number of hydrogen-bond acceptors (Lipinski definition) is 2. The zero-order chi connectivity index (χ0) is 33.0. The van der Waals surface area contributed by atoms with Gasteiger partial charge in [-0.15, -0.1) is 11.3 Å². The lowest BCUT2D eigenvalue weighted by Crippen LogP contribution is -2.14. The largest absolute Gasteiger partial charge is 0.309 e. The first-order valence-corrected chi connectivity index (χ1v) is 18.5. The van der Waals surface area contributed by atoms with Crippen LogP contribution in [-0.4, -0.2) is 0 Å². The predicted molar refractivity (Wildman–Crippen MR) is 218 cm³/mol. The van der Waals surface area contributed by atoms with Crippen LogP contribution in [0.3, 0.4) is 0 Å². The molecule has 8 aromatic rings. The Kier molecular flexibility index (Phi) is 7.03. The molecule has 0 atom stereocenters. The minimum absolute atomic E-state index is 1.04. The van der Waals surface area contributed by atoms with Crippen molar-refractivity contribution in [3.63, 3.8) is 0 Å². The molecule has 1 nitrogen and oxygen atoms in total. The number of nitrogens with zero attached hydrogens (tertiary/aromatic N) is 1. The number of thiophene rings is 1. The highest BCUT2D eigenvalue weighted by Gasteiger charge is 2.23. The lowest BCUT2D eigenvalue weighted by Gasteiger charge is -2.31. The first kappa shape index (κ1) is 29.2. The maximum absolute atomic E-state index is 2.51. The molecule has 0 spiro atoms. The summed E-state index contributed by atoms with van der Waals surface area (Å²) in [6, 6.07) is 49.8. The van der Waals surface area contributed by atoms with Crippen LogP contribution in [0.5, 0.6) is 0 Å². The molecule has 0 saturated heterocycles. The summed E-state index contributed by atoms with van der Waals surface area (Å²) >= 11 is 1.91. The molecule has 0 saturated carbocycles. The Morgan fingerprint density at radius 1 is 0.560 bits per heavy atom. The topological polar surface area (TPSA) is 3.24 Å². The van der Waals surface area contributed by atoms with E-state index < -0.39 is 0 Å². The van der Waals surface area contributed by atoms with E-state index in [4.69, 9.17) is 0 Å². The first-order valence-electron chi connectivity index (χ1n) is 17.7. The number of benzene rings is 7. The van der Waals surface area contributed by atoms with E-state index in [0.29, 0.717) is 0 Å². The van der Waals surface area contributed by atoms with Crippen molar-refractivity contribution in [1.29, 1.82) is 0 Å². The molecule has 238 valence electrons. The fourth-order valence-electron chi connectivity index (χ4n) is 8.25. The van der Waals surface area contributed by atoms with Gasteiger partial charge in [0.05, 0.1) is 11.4 Å². The van der Waals surface area contributed by atoms with Crippen LogP contribution in [0.1, 0.15) is 36.0 Å². The second-order valence-corrected chi connectivity index (χ2v) is 14.5. The summed E-state index contributed by atoms with van der Waals surface area (Å²) in [4.78, 5) is 2.51. The number of allylic oxidation sites excluding steroid dienone is 5. The molecule has 2 aliphatic carbocycles. The second-order valence-electron chi connectivity index (χ2n) is 13.5. The molecule has 0 amide bonds. The van der Waals surface area contributed by atoms with Gasteiger partial charge in [-0.2, -0.15) is 0 Å². The molecule has 0 bridgehead atoms. The maximum atomic E-state index is 2.51. The van der Waals surface area contributed by atoms with E-state index in [0.717, 1.165) is 31.4 Å². The van der Waals surface area contributed by atoms with E-state index >= 15 is 0 Å². The monoisotopic (exact) mass is 657 g/mol. The SMILES string of the molecule is C1=CCCC(c2ccccc2N(c2ccc(-c3cccc4c3sc3ccc5ccccc5c34)cc2)c2cc3c(c4ccccc24)CCC=C3)=C1. The van der Waals surface area contributed by atoms with Crippen molar-refractivity contribution in [2.75, 3.05) is 4.90 Å². The van der Waals surface area contributed by atoms with Gasteiger partial charge in [0.1, 0.15) is 0 Å². The van der Waals surface area contributed by atoms with Crippen LogP contribution in [0.2, 0.25) is 0 Å². The number of rotatable bonds is 5. The number of fused-ring (bicyclic) bond motifs is 8. The second kappa shape index (κ2) is 12.0. The van der Waals surface area contributed by atoms with E-state index in [1.165, 1.54) is 86.5 Å². The third-order valence-electron chi connectivity index (χ3n) is 10.6. The third-order valence-corrected chi connectivity index (χ3v) is 11.8. The van der Waals surface area contributed by atoms with Crippen LogP contribution < -0.4 is 4.90 Å². The molecule has 0 fully saturated rings. The minimum atomic E-state index is 1.04. The Hall–Kier alpha value is -5.70. The lowest BCUT2D eigenvalue weighted by atomic mass is 9.89. The summed E-state index contributed by atoms with van der Waals surface area (Å²) in [5.41, 5.74) is 11.6. The number of anilines is 3. The van der Waals surface area contributed by atoms with E-state index in [-0.39, 0.29) is 0 Å². The van der Waals surface area contributed by atoms with Crippen molar-refractivity contribution < 1.29 is 0 Å². The van der Waals surface area contributed by atoms with E-state index in [2.05, 4.69) is 169 Å². The Bertz CT molecular complexity index is 2700. The normalized spacial score (nSPS) is 14.0. The zero-order valence-corrected chi connectivity index (χ0v) is 28.6. The summed E-state index contributed by atoms with van der Waals surface area (Å²) in [5.74, 6) is 0. The average molecular weight is 658 g/mol. The van der Waals surface area contributed by atoms with Crippen LogP contribution in [0.25, 0.3) is 64.5 Å². The van der Waals surface area contributed by atoms with Gasteiger partial charge >= 0.3 is 0 Å². The molecule has 0 unspecified atom stereocenters. The van der Waals surface area contributed by atoms with Crippen LogP contribution in [-0.2, 0) is 6.42 Å².